The van der Waals surface area contributed by atoms with E-state index in [4.69, 9.17) is 19.4 Å². The number of alkyl halides is 3. The van der Waals surface area contributed by atoms with Gasteiger partial charge in [0.2, 0.25) is 5.91 Å². The molecule has 0 radical (unpaired) electrons. The third-order valence-electron chi connectivity index (χ3n) is 6.32. The third kappa shape index (κ3) is 7.04. The van der Waals surface area contributed by atoms with Gasteiger partial charge in [0.1, 0.15) is 18.0 Å². The Morgan fingerprint density at radius 2 is 1.94 bits per heavy atom. The Hall–Kier alpha value is -2.40. The number of ether oxygens (including phenoxy) is 2. The molecule has 2 aliphatic heterocycles. The Balaban J connectivity index is 0.000000383. The number of rotatable bonds is 7. The molecule has 2 N–H and O–H groups in total. The number of aliphatic carboxylic acids is 1. The molecule has 1 aromatic heterocycles. The van der Waals surface area contributed by atoms with Gasteiger partial charge in [-0.1, -0.05) is 18.9 Å². The van der Waals surface area contributed by atoms with E-state index in [1.807, 2.05) is 23.1 Å². The number of aromatic nitrogens is 1. The Morgan fingerprint density at radius 3 is 2.55 bits per heavy atom. The van der Waals surface area contributed by atoms with E-state index in [-0.39, 0.29) is 18.1 Å². The summed E-state index contributed by atoms with van der Waals surface area (Å²) in [5, 5.41) is 10.5. The lowest BCUT2D eigenvalue weighted by Gasteiger charge is -2.50. The second-order valence-corrected chi connectivity index (χ2v) is 8.60. The highest BCUT2D eigenvalue weighted by molar-refractivity contribution is 5.78. The molecule has 1 amide bonds. The van der Waals surface area contributed by atoms with E-state index in [9.17, 15) is 18.0 Å². The van der Waals surface area contributed by atoms with Crippen molar-refractivity contribution >= 4 is 17.7 Å². The summed E-state index contributed by atoms with van der Waals surface area (Å²) in [5.74, 6) is -1.23. The minimum Gasteiger partial charge on any atom is -0.475 e. The number of carbonyl (C=O) groups is 2. The molecule has 1 unspecified atom stereocenters. The maximum atomic E-state index is 12.4. The average Bonchev–Trinajstić information content (AvgIpc) is 3.41. The second kappa shape index (κ2) is 11.1. The van der Waals surface area contributed by atoms with Crippen molar-refractivity contribution in [2.75, 3.05) is 38.2 Å². The SMILES string of the molecule is O=C(COC1CCCC1)N1CC2(C1)OCCC2CCNc1ccccn1.O=C(O)C(F)(F)F. The Morgan fingerprint density at radius 1 is 1.24 bits per heavy atom. The summed E-state index contributed by atoms with van der Waals surface area (Å²) < 4.78 is 43.6. The highest BCUT2D eigenvalue weighted by Crippen LogP contribution is 2.41. The second-order valence-electron chi connectivity index (χ2n) is 8.60. The smallest absolute Gasteiger partial charge is 0.475 e. The van der Waals surface area contributed by atoms with Crippen LogP contribution in [0.15, 0.2) is 24.4 Å². The van der Waals surface area contributed by atoms with Gasteiger partial charge in [0.05, 0.1) is 19.2 Å². The number of carboxylic acids is 1. The molecule has 0 bridgehead atoms. The molecule has 33 heavy (non-hydrogen) atoms. The number of hydrogen-bond donors (Lipinski definition) is 2. The van der Waals surface area contributed by atoms with Gasteiger partial charge in [-0.05, 0) is 43.7 Å². The maximum Gasteiger partial charge on any atom is 0.490 e. The average molecular weight is 473 g/mol. The van der Waals surface area contributed by atoms with Crippen molar-refractivity contribution in [1.82, 2.24) is 9.88 Å². The molecule has 2 saturated heterocycles. The van der Waals surface area contributed by atoms with Crippen molar-refractivity contribution in [2.24, 2.45) is 5.92 Å². The van der Waals surface area contributed by atoms with Crippen LogP contribution in [0.1, 0.15) is 38.5 Å². The van der Waals surface area contributed by atoms with Crippen molar-refractivity contribution in [1.29, 1.82) is 0 Å². The van der Waals surface area contributed by atoms with Crippen molar-refractivity contribution < 1.29 is 37.3 Å². The van der Waals surface area contributed by atoms with E-state index in [1.165, 1.54) is 12.8 Å². The number of hydrogen-bond acceptors (Lipinski definition) is 6. The van der Waals surface area contributed by atoms with Gasteiger partial charge in [0.25, 0.3) is 0 Å². The number of amides is 1. The van der Waals surface area contributed by atoms with Crippen LogP contribution in [0.2, 0.25) is 0 Å². The third-order valence-corrected chi connectivity index (χ3v) is 6.32. The molecule has 11 heteroatoms. The topological polar surface area (TPSA) is 101 Å². The van der Waals surface area contributed by atoms with E-state index in [1.54, 1.807) is 6.20 Å². The van der Waals surface area contributed by atoms with Gasteiger partial charge < -0.3 is 24.8 Å². The fourth-order valence-corrected chi connectivity index (χ4v) is 4.50. The van der Waals surface area contributed by atoms with Crippen molar-refractivity contribution in [3.8, 4) is 0 Å². The number of anilines is 1. The zero-order valence-corrected chi connectivity index (χ0v) is 18.4. The van der Waals surface area contributed by atoms with Gasteiger partial charge in [-0.25, -0.2) is 9.78 Å². The Kier molecular flexibility index (Phi) is 8.52. The van der Waals surface area contributed by atoms with Crippen LogP contribution < -0.4 is 5.32 Å². The molecule has 3 heterocycles. The lowest BCUT2D eigenvalue weighted by Crippen LogP contribution is -2.66. The molecule has 184 valence electrons. The molecule has 3 aliphatic rings. The lowest BCUT2D eigenvalue weighted by atomic mass is 9.79. The van der Waals surface area contributed by atoms with Gasteiger partial charge in [0, 0.05) is 19.3 Å². The number of nitrogens with one attached hydrogen (secondary N) is 1. The van der Waals surface area contributed by atoms with E-state index >= 15 is 0 Å². The first-order valence-corrected chi connectivity index (χ1v) is 11.2. The summed E-state index contributed by atoms with van der Waals surface area (Å²) >= 11 is 0. The van der Waals surface area contributed by atoms with Crippen LogP contribution >= 0.6 is 0 Å². The fraction of sp³-hybridized carbons (Fsp3) is 0.682. The first kappa shape index (κ1) is 25.2. The van der Waals surface area contributed by atoms with Crippen molar-refractivity contribution in [2.45, 2.75) is 56.4 Å². The first-order chi connectivity index (χ1) is 15.7. The number of likely N-dealkylation sites (tertiary alicyclic amines) is 1. The van der Waals surface area contributed by atoms with Gasteiger partial charge >= 0.3 is 12.1 Å². The van der Waals surface area contributed by atoms with Gasteiger partial charge in [-0.15, -0.1) is 0 Å². The minimum atomic E-state index is -5.08. The lowest BCUT2D eigenvalue weighted by molar-refractivity contribution is -0.192. The molecule has 0 aromatic carbocycles. The largest absolute Gasteiger partial charge is 0.490 e. The normalized spacial score (nSPS) is 21.9. The summed E-state index contributed by atoms with van der Waals surface area (Å²) in [6.45, 7) is 3.34. The summed E-state index contributed by atoms with van der Waals surface area (Å²) in [6.07, 6.45) is 3.79. The Bertz CT molecular complexity index is 781. The van der Waals surface area contributed by atoms with E-state index in [0.29, 0.717) is 25.1 Å². The molecule has 1 saturated carbocycles. The van der Waals surface area contributed by atoms with Crippen LogP contribution in [0.3, 0.4) is 0 Å². The predicted octanol–water partition coefficient (Wildman–Crippen LogP) is 3.09. The van der Waals surface area contributed by atoms with E-state index in [2.05, 4.69) is 10.3 Å². The molecule has 1 aromatic rings. The molecule has 4 rings (SSSR count). The molecular weight excluding hydrogens is 443 g/mol. The molecule has 1 spiro atoms. The molecule has 1 aliphatic carbocycles. The van der Waals surface area contributed by atoms with Crippen LogP contribution in [-0.2, 0) is 19.1 Å². The van der Waals surface area contributed by atoms with Crippen LogP contribution in [0.4, 0.5) is 19.0 Å². The summed E-state index contributed by atoms with van der Waals surface area (Å²) in [4.78, 5) is 27.4. The van der Waals surface area contributed by atoms with E-state index in [0.717, 1.165) is 44.7 Å². The standard InChI is InChI=1S/C20H29N3O3.C2HF3O2/c24-19(13-25-17-5-1-2-6-17)23-14-20(15-23)16(9-12-26-20)8-11-22-18-7-3-4-10-21-18;3-2(4,5)1(6)7/h3-4,7,10,16-17H,1-2,5-6,8-9,11-15H2,(H,21,22);(H,6,7). The highest BCUT2D eigenvalue weighted by atomic mass is 19.4. The van der Waals surface area contributed by atoms with E-state index < -0.39 is 12.1 Å². The first-order valence-electron chi connectivity index (χ1n) is 11.2. The molecular formula is C22H30F3N3O5. The summed E-state index contributed by atoms with van der Waals surface area (Å²) in [5.41, 5.74) is -0.130. The van der Waals surface area contributed by atoms with Crippen LogP contribution in [0.5, 0.6) is 0 Å². The monoisotopic (exact) mass is 473 g/mol. The van der Waals surface area contributed by atoms with Crippen molar-refractivity contribution in [3.05, 3.63) is 24.4 Å². The van der Waals surface area contributed by atoms with Gasteiger partial charge in [-0.3, -0.25) is 4.79 Å². The molecule has 3 fully saturated rings. The molecule has 1 atom stereocenters. The summed E-state index contributed by atoms with van der Waals surface area (Å²) in [6, 6.07) is 5.88. The zero-order chi connectivity index (χ0) is 23.9. The number of halogens is 3. The van der Waals surface area contributed by atoms with Crippen molar-refractivity contribution in [3.63, 3.8) is 0 Å². The number of carboxylic acid groups (broad SMARTS) is 1. The Labute approximate surface area is 190 Å². The maximum absolute atomic E-state index is 12.4. The minimum absolute atomic E-state index is 0.114. The zero-order valence-electron chi connectivity index (χ0n) is 18.4. The van der Waals surface area contributed by atoms with Gasteiger partial charge in [-0.2, -0.15) is 13.2 Å². The van der Waals surface area contributed by atoms with Crippen LogP contribution in [0.25, 0.3) is 0 Å². The van der Waals surface area contributed by atoms with Gasteiger partial charge in [0.15, 0.2) is 0 Å². The highest BCUT2D eigenvalue weighted by Gasteiger charge is 2.54. The fourth-order valence-electron chi connectivity index (χ4n) is 4.50. The number of nitrogens with zero attached hydrogens (tertiary/aromatic N) is 2. The van der Waals surface area contributed by atoms with Crippen LogP contribution in [0, 0.1) is 5.92 Å². The van der Waals surface area contributed by atoms with Crippen LogP contribution in [-0.4, -0.2) is 77.6 Å². The number of pyridine rings is 1. The number of carbonyl (C=O) groups excluding carboxylic acids is 1. The predicted molar refractivity (Wildman–Crippen MR) is 113 cm³/mol. The molecule has 8 nitrogen and oxygen atoms in total. The quantitative estimate of drug-likeness (QED) is 0.628. The summed E-state index contributed by atoms with van der Waals surface area (Å²) in [7, 11) is 0.